The summed E-state index contributed by atoms with van der Waals surface area (Å²) in [5.74, 6) is 1.69. The Labute approximate surface area is 116 Å². The topological polar surface area (TPSA) is 94.4 Å². The predicted molar refractivity (Wildman–Crippen MR) is 72.5 cm³/mol. The van der Waals surface area contributed by atoms with Crippen LogP contribution in [0.3, 0.4) is 0 Å². The third-order valence-electron chi connectivity index (χ3n) is 3.77. The van der Waals surface area contributed by atoms with Crippen LogP contribution in [0.5, 0.6) is 11.5 Å². The highest BCUT2D eigenvalue weighted by molar-refractivity contribution is 5.60. The lowest BCUT2D eigenvalue weighted by molar-refractivity contribution is 0.345. The van der Waals surface area contributed by atoms with E-state index in [4.69, 9.17) is 15.0 Å². The van der Waals surface area contributed by atoms with Gasteiger partial charge in [-0.3, -0.25) is 0 Å². The molecule has 0 amide bonds. The van der Waals surface area contributed by atoms with Crippen molar-refractivity contribution in [3.8, 4) is 22.9 Å². The summed E-state index contributed by atoms with van der Waals surface area (Å²) in [4.78, 5) is 4.42. The van der Waals surface area contributed by atoms with Gasteiger partial charge in [0.1, 0.15) is 0 Å². The van der Waals surface area contributed by atoms with Gasteiger partial charge in [0.15, 0.2) is 11.5 Å². The predicted octanol–water partition coefficient (Wildman–Crippen LogP) is 2.05. The number of phenols is 1. The molecule has 106 valence electrons. The number of nitrogens with zero attached hydrogens (tertiary/aromatic N) is 2. The van der Waals surface area contributed by atoms with Crippen molar-refractivity contribution in [2.24, 2.45) is 5.73 Å². The number of aromatic nitrogens is 2. The number of benzene rings is 1. The molecule has 1 saturated carbocycles. The molecule has 1 aliphatic rings. The molecular weight excluding hydrogens is 258 g/mol. The van der Waals surface area contributed by atoms with E-state index in [0.29, 0.717) is 17.5 Å². The largest absolute Gasteiger partial charge is 0.504 e. The fourth-order valence-electron chi connectivity index (χ4n) is 2.62. The van der Waals surface area contributed by atoms with Gasteiger partial charge in [0, 0.05) is 11.6 Å². The Bertz CT molecular complexity index is 611. The summed E-state index contributed by atoms with van der Waals surface area (Å²) >= 11 is 0. The van der Waals surface area contributed by atoms with Gasteiger partial charge in [0.25, 0.3) is 0 Å². The van der Waals surface area contributed by atoms with Gasteiger partial charge in [-0.1, -0.05) is 11.6 Å². The zero-order valence-corrected chi connectivity index (χ0v) is 11.2. The molecule has 2 unspecified atom stereocenters. The molecule has 2 atom stereocenters. The van der Waals surface area contributed by atoms with E-state index in [1.165, 1.54) is 7.11 Å². The molecule has 0 spiro atoms. The summed E-state index contributed by atoms with van der Waals surface area (Å²) in [5.41, 5.74) is 6.78. The highest BCUT2D eigenvalue weighted by Gasteiger charge is 2.30. The number of ether oxygens (including phenoxy) is 1. The first-order valence-corrected chi connectivity index (χ1v) is 6.65. The van der Waals surface area contributed by atoms with Crippen LogP contribution in [0, 0.1) is 0 Å². The van der Waals surface area contributed by atoms with Crippen LogP contribution in [0.25, 0.3) is 11.4 Å². The lowest BCUT2D eigenvalue weighted by Gasteiger charge is -2.08. The molecule has 1 aliphatic carbocycles. The molecule has 1 fully saturated rings. The van der Waals surface area contributed by atoms with E-state index in [2.05, 4.69) is 10.1 Å². The van der Waals surface area contributed by atoms with E-state index in [1.54, 1.807) is 18.2 Å². The van der Waals surface area contributed by atoms with Crippen LogP contribution in [0.15, 0.2) is 22.7 Å². The number of rotatable bonds is 3. The van der Waals surface area contributed by atoms with Crippen LogP contribution in [-0.4, -0.2) is 28.4 Å². The van der Waals surface area contributed by atoms with Crippen molar-refractivity contribution in [2.45, 2.75) is 31.2 Å². The molecule has 1 heterocycles. The monoisotopic (exact) mass is 275 g/mol. The second kappa shape index (κ2) is 5.13. The number of hydrogen-bond acceptors (Lipinski definition) is 6. The van der Waals surface area contributed by atoms with Crippen molar-refractivity contribution in [3.63, 3.8) is 0 Å². The second-order valence-electron chi connectivity index (χ2n) is 5.04. The summed E-state index contributed by atoms with van der Waals surface area (Å²) in [6.45, 7) is 0. The first kappa shape index (κ1) is 12.9. The van der Waals surface area contributed by atoms with E-state index in [9.17, 15) is 5.11 Å². The maximum atomic E-state index is 9.59. The van der Waals surface area contributed by atoms with Crippen molar-refractivity contribution >= 4 is 0 Å². The fraction of sp³-hybridized carbons (Fsp3) is 0.429. The minimum Gasteiger partial charge on any atom is -0.504 e. The fourth-order valence-corrected chi connectivity index (χ4v) is 2.62. The molecule has 1 aromatic carbocycles. The second-order valence-corrected chi connectivity index (χ2v) is 5.04. The Kier molecular flexibility index (Phi) is 3.31. The minimum atomic E-state index is 0.0813. The molecule has 0 saturated heterocycles. The summed E-state index contributed by atoms with van der Waals surface area (Å²) < 4.78 is 10.4. The van der Waals surface area contributed by atoms with Crippen LogP contribution in [0.2, 0.25) is 0 Å². The Morgan fingerprint density at radius 1 is 1.40 bits per heavy atom. The molecular formula is C14H17N3O3. The summed E-state index contributed by atoms with van der Waals surface area (Å²) in [5, 5.41) is 13.6. The molecule has 0 aliphatic heterocycles. The lowest BCUT2D eigenvalue weighted by atomic mass is 10.1. The van der Waals surface area contributed by atoms with Crippen molar-refractivity contribution in [3.05, 3.63) is 24.1 Å². The van der Waals surface area contributed by atoms with Crippen molar-refractivity contribution in [1.82, 2.24) is 10.1 Å². The Balaban J connectivity index is 1.90. The highest BCUT2D eigenvalue weighted by Crippen LogP contribution is 2.34. The standard InChI is InChI=1S/C14H17N3O3/c1-19-12-7-8(5-6-11(12)18)13-16-14(20-17-13)9-3-2-4-10(9)15/h5-7,9-10,18H,2-4,15H2,1H3. The molecule has 3 N–H and O–H groups in total. The van der Waals surface area contributed by atoms with Gasteiger partial charge in [0.2, 0.25) is 11.7 Å². The maximum absolute atomic E-state index is 9.59. The zero-order valence-electron chi connectivity index (χ0n) is 11.2. The van der Waals surface area contributed by atoms with E-state index < -0.39 is 0 Å². The van der Waals surface area contributed by atoms with Crippen LogP contribution in [0.4, 0.5) is 0 Å². The summed E-state index contributed by atoms with van der Waals surface area (Å²) in [7, 11) is 1.50. The van der Waals surface area contributed by atoms with Gasteiger partial charge in [-0.15, -0.1) is 0 Å². The number of aromatic hydroxyl groups is 1. The molecule has 6 heteroatoms. The zero-order chi connectivity index (χ0) is 14.1. The van der Waals surface area contributed by atoms with Crippen LogP contribution >= 0.6 is 0 Å². The van der Waals surface area contributed by atoms with Gasteiger partial charge in [0.05, 0.1) is 13.0 Å². The van der Waals surface area contributed by atoms with Gasteiger partial charge in [-0.25, -0.2) is 0 Å². The first-order chi connectivity index (χ1) is 9.69. The number of phenolic OH excluding ortho intramolecular Hbond substituents is 1. The Morgan fingerprint density at radius 3 is 2.95 bits per heavy atom. The van der Waals surface area contributed by atoms with E-state index >= 15 is 0 Å². The van der Waals surface area contributed by atoms with Crippen molar-refractivity contribution in [1.29, 1.82) is 0 Å². The van der Waals surface area contributed by atoms with Crippen LogP contribution < -0.4 is 10.5 Å². The van der Waals surface area contributed by atoms with E-state index in [1.807, 2.05) is 0 Å². The van der Waals surface area contributed by atoms with Gasteiger partial charge >= 0.3 is 0 Å². The average molecular weight is 275 g/mol. The number of methoxy groups -OCH3 is 1. The normalized spacial score (nSPS) is 22.1. The first-order valence-electron chi connectivity index (χ1n) is 6.65. The Hall–Kier alpha value is -2.08. The molecule has 0 radical (unpaired) electrons. The third kappa shape index (κ3) is 2.22. The van der Waals surface area contributed by atoms with Crippen molar-refractivity contribution in [2.75, 3.05) is 7.11 Å². The Morgan fingerprint density at radius 2 is 2.25 bits per heavy atom. The summed E-state index contributed by atoms with van der Waals surface area (Å²) in [6, 6.07) is 5.04. The minimum absolute atomic E-state index is 0.0813. The molecule has 6 nitrogen and oxygen atoms in total. The molecule has 0 bridgehead atoms. The SMILES string of the molecule is COc1cc(-c2noc(C3CCCC3N)n2)ccc1O. The van der Waals surface area contributed by atoms with E-state index in [-0.39, 0.29) is 17.7 Å². The van der Waals surface area contributed by atoms with Gasteiger partial charge < -0.3 is 20.1 Å². The maximum Gasteiger partial charge on any atom is 0.231 e. The summed E-state index contributed by atoms with van der Waals surface area (Å²) in [6.07, 6.45) is 3.08. The average Bonchev–Trinajstić information content (AvgIpc) is 3.08. The molecule has 2 aromatic rings. The third-order valence-corrected chi connectivity index (χ3v) is 3.77. The lowest BCUT2D eigenvalue weighted by Crippen LogP contribution is -2.22. The van der Waals surface area contributed by atoms with Gasteiger partial charge in [-0.2, -0.15) is 4.98 Å². The highest BCUT2D eigenvalue weighted by atomic mass is 16.5. The van der Waals surface area contributed by atoms with Crippen molar-refractivity contribution < 1.29 is 14.4 Å². The van der Waals surface area contributed by atoms with Crippen LogP contribution in [0.1, 0.15) is 31.1 Å². The number of nitrogens with two attached hydrogens (primary N) is 1. The van der Waals surface area contributed by atoms with E-state index in [0.717, 1.165) is 24.8 Å². The molecule has 3 rings (SSSR count). The molecule has 1 aromatic heterocycles. The van der Waals surface area contributed by atoms with Crippen LogP contribution in [-0.2, 0) is 0 Å². The number of hydrogen-bond donors (Lipinski definition) is 2. The smallest absolute Gasteiger partial charge is 0.231 e. The van der Waals surface area contributed by atoms with Gasteiger partial charge in [-0.05, 0) is 31.0 Å². The molecule has 20 heavy (non-hydrogen) atoms. The quantitative estimate of drug-likeness (QED) is 0.890.